The number of nitrogens with zero attached hydrogens (tertiary/aromatic N) is 5. The molecule has 2 unspecified atom stereocenters. The SMILES string of the molecule is CC1CN(c2nc(NCc3ccccc3)c3cnn(C)c3n2)CC(C)O1. The van der Waals surface area contributed by atoms with Gasteiger partial charge in [0, 0.05) is 26.7 Å². The largest absolute Gasteiger partial charge is 0.372 e. The van der Waals surface area contributed by atoms with Gasteiger partial charge in [-0.2, -0.15) is 15.1 Å². The molecule has 2 atom stereocenters. The Hall–Kier alpha value is -2.67. The van der Waals surface area contributed by atoms with Crippen molar-refractivity contribution in [3.8, 4) is 0 Å². The molecule has 26 heavy (non-hydrogen) atoms. The van der Waals surface area contributed by atoms with Crippen molar-refractivity contribution in [2.24, 2.45) is 7.05 Å². The van der Waals surface area contributed by atoms with Crippen molar-refractivity contribution in [2.45, 2.75) is 32.6 Å². The lowest BCUT2D eigenvalue weighted by Gasteiger charge is -2.35. The summed E-state index contributed by atoms with van der Waals surface area (Å²) in [5.74, 6) is 1.53. The fraction of sp³-hybridized carbons (Fsp3) is 0.421. The lowest BCUT2D eigenvalue weighted by Crippen LogP contribution is -2.46. The molecule has 1 N–H and O–H groups in total. The van der Waals surface area contributed by atoms with E-state index in [9.17, 15) is 0 Å². The molecule has 7 nitrogen and oxygen atoms in total. The van der Waals surface area contributed by atoms with Crippen molar-refractivity contribution in [1.29, 1.82) is 0 Å². The first-order valence-electron chi connectivity index (χ1n) is 8.98. The van der Waals surface area contributed by atoms with Gasteiger partial charge in [-0.1, -0.05) is 30.3 Å². The number of benzene rings is 1. The fourth-order valence-electron chi connectivity index (χ4n) is 3.41. The van der Waals surface area contributed by atoms with Crippen LogP contribution in [0.25, 0.3) is 11.0 Å². The van der Waals surface area contributed by atoms with Crippen LogP contribution in [0.5, 0.6) is 0 Å². The highest BCUT2D eigenvalue weighted by atomic mass is 16.5. The van der Waals surface area contributed by atoms with Crippen LogP contribution in [-0.4, -0.2) is 45.0 Å². The number of hydrogen-bond acceptors (Lipinski definition) is 6. The van der Waals surface area contributed by atoms with Gasteiger partial charge in [-0.3, -0.25) is 4.68 Å². The number of aromatic nitrogens is 4. The molecule has 0 saturated carbocycles. The Bertz CT molecular complexity index is 884. The van der Waals surface area contributed by atoms with Crippen LogP contribution in [0.4, 0.5) is 11.8 Å². The number of morpholine rings is 1. The van der Waals surface area contributed by atoms with Crippen molar-refractivity contribution in [1.82, 2.24) is 19.7 Å². The van der Waals surface area contributed by atoms with Gasteiger partial charge < -0.3 is 15.0 Å². The lowest BCUT2D eigenvalue weighted by atomic mass is 10.2. The topological polar surface area (TPSA) is 68.1 Å². The molecule has 3 heterocycles. The van der Waals surface area contributed by atoms with Crippen LogP contribution in [0.2, 0.25) is 0 Å². The molecule has 1 aliphatic heterocycles. The van der Waals surface area contributed by atoms with Gasteiger partial charge in [0.1, 0.15) is 5.82 Å². The summed E-state index contributed by atoms with van der Waals surface area (Å²) in [6.45, 7) is 6.44. The Morgan fingerprint density at radius 2 is 1.85 bits per heavy atom. The molecule has 1 saturated heterocycles. The van der Waals surface area contributed by atoms with Gasteiger partial charge in [0.2, 0.25) is 5.95 Å². The predicted molar refractivity (Wildman–Crippen MR) is 102 cm³/mol. The van der Waals surface area contributed by atoms with Gasteiger partial charge in [-0.05, 0) is 19.4 Å². The van der Waals surface area contributed by atoms with Gasteiger partial charge in [-0.15, -0.1) is 0 Å². The van der Waals surface area contributed by atoms with Crippen molar-refractivity contribution in [2.75, 3.05) is 23.3 Å². The normalized spacial score (nSPS) is 20.5. The second kappa shape index (κ2) is 6.92. The van der Waals surface area contributed by atoms with Gasteiger partial charge in [0.15, 0.2) is 5.65 Å². The van der Waals surface area contributed by atoms with Gasteiger partial charge in [0.25, 0.3) is 0 Å². The third-order valence-electron chi connectivity index (χ3n) is 4.59. The summed E-state index contributed by atoms with van der Waals surface area (Å²) in [4.78, 5) is 11.8. The molecule has 1 aliphatic rings. The van der Waals surface area contributed by atoms with Crippen LogP contribution in [0.3, 0.4) is 0 Å². The van der Waals surface area contributed by atoms with Crippen LogP contribution in [0.15, 0.2) is 36.5 Å². The summed E-state index contributed by atoms with van der Waals surface area (Å²) in [7, 11) is 1.91. The Kier molecular flexibility index (Phi) is 4.46. The molecule has 1 aromatic carbocycles. The minimum atomic E-state index is 0.158. The fourth-order valence-corrected chi connectivity index (χ4v) is 3.41. The lowest BCUT2D eigenvalue weighted by molar-refractivity contribution is -0.00569. The minimum Gasteiger partial charge on any atom is -0.372 e. The molecular formula is C19H24N6O. The Labute approximate surface area is 153 Å². The van der Waals surface area contributed by atoms with Gasteiger partial charge >= 0.3 is 0 Å². The molecular weight excluding hydrogens is 328 g/mol. The highest BCUT2D eigenvalue weighted by Gasteiger charge is 2.25. The van der Waals surface area contributed by atoms with Gasteiger partial charge in [0.05, 0.1) is 23.8 Å². The maximum absolute atomic E-state index is 5.84. The molecule has 0 bridgehead atoms. The van der Waals surface area contributed by atoms with Crippen molar-refractivity contribution in [3.63, 3.8) is 0 Å². The maximum Gasteiger partial charge on any atom is 0.229 e. The zero-order valence-corrected chi connectivity index (χ0v) is 15.4. The second-order valence-corrected chi connectivity index (χ2v) is 6.88. The molecule has 0 aliphatic carbocycles. The molecule has 4 rings (SSSR count). The monoisotopic (exact) mass is 352 g/mol. The van der Waals surface area contributed by atoms with Crippen molar-refractivity contribution in [3.05, 3.63) is 42.1 Å². The number of ether oxygens (including phenoxy) is 1. The second-order valence-electron chi connectivity index (χ2n) is 6.88. The highest BCUT2D eigenvalue weighted by Crippen LogP contribution is 2.25. The van der Waals surface area contributed by atoms with E-state index >= 15 is 0 Å². The molecule has 2 aromatic heterocycles. The smallest absolute Gasteiger partial charge is 0.229 e. The van der Waals surface area contributed by atoms with E-state index in [0.29, 0.717) is 6.54 Å². The van der Waals surface area contributed by atoms with Crippen LogP contribution < -0.4 is 10.2 Å². The first-order chi connectivity index (χ1) is 12.6. The molecule has 0 amide bonds. The van der Waals surface area contributed by atoms with E-state index in [0.717, 1.165) is 35.9 Å². The zero-order chi connectivity index (χ0) is 18.1. The third kappa shape index (κ3) is 3.35. The van der Waals surface area contributed by atoms with E-state index in [1.807, 2.05) is 31.4 Å². The van der Waals surface area contributed by atoms with Crippen molar-refractivity contribution < 1.29 is 4.74 Å². The standard InChI is InChI=1S/C19H24N6O/c1-13-11-25(12-14(2)26-13)19-22-17(16-10-21-24(3)18(16)23-19)20-9-15-7-5-4-6-8-15/h4-8,10,13-14H,9,11-12H2,1-3H3,(H,20,22,23). The number of aryl methyl sites for hydroxylation is 1. The molecule has 0 spiro atoms. The minimum absolute atomic E-state index is 0.158. The Morgan fingerprint density at radius 3 is 2.58 bits per heavy atom. The molecule has 136 valence electrons. The number of rotatable bonds is 4. The number of nitrogens with one attached hydrogen (secondary N) is 1. The van der Waals surface area contributed by atoms with E-state index < -0.39 is 0 Å². The highest BCUT2D eigenvalue weighted by molar-refractivity contribution is 5.87. The molecule has 1 fully saturated rings. The maximum atomic E-state index is 5.84. The summed E-state index contributed by atoms with van der Waals surface area (Å²) in [6.07, 6.45) is 2.13. The van der Waals surface area contributed by atoms with Crippen LogP contribution >= 0.6 is 0 Å². The van der Waals surface area contributed by atoms with E-state index in [-0.39, 0.29) is 12.2 Å². The molecule has 7 heteroatoms. The average molecular weight is 352 g/mol. The predicted octanol–water partition coefficient (Wildman–Crippen LogP) is 2.59. The summed E-state index contributed by atoms with van der Waals surface area (Å²) < 4.78 is 7.63. The molecule has 3 aromatic rings. The van der Waals surface area contributed by atoms with E-state index in [1.54, 1.807) is 4.68 Å². The van der Waals surface area contributed by atoms with E-state index in [4.69, 9.17) is 14.7 Å². The van der Waals surface area contributed by atoms with E-state index in [2.05, 4.69) is 41.3 Å². The molecule has 0 radical (unpaired) electrons. The summed E-state index contributed by atoms with van der Waals surface area (Å²) in [5, 5.41) is 8.75. The number of fused-ring (bicyclic) bond motifs is 1. The summed E-state index contributed by atoms with van der Waals surface area (Å²) >= 11 is 0. The van der Waals surface area contributed by atoms with Gasteiger partial charge in [-0.25, -0.2) is 0 Å². The average Bonchev–Trinajstić information content (AvgIpc) is 3.01. The Morgan fingerprint density at radius 1 is 1.12 bits per heavy atom. The zero-order valence-electron chi connectivity index (χ0n) is 15.4. The third-order valence-corrected chi connectivity index (χ3v) is 4.59. The first-order valence-corrected chi connectivity index (χ1v) is 8.98. The number of anilines is 2. The van der Waals surface area contributed by atoms with E-state index in [1.165, 1.54) is 5.56 Å². The van der Waals surface area contributed by atoms with Crippen LogP contribution in [-0.2, 0) is 18.3 Å². The van der Waals surface area contributed by atoms with Crippen LogP contribution in [0, 0.1) is 0 Å². The number of hydrogen-bond donors (Lipinski definition) is 1. The Balaban J connectivity index is 1.67. The first kappa shape index (κ1) is 16.8. The quantitative estimate of drug-likeness (QED) is 0.778. The van der Waals surface area contributed by atoms with Crippen LogP contribution in [0.1, 0.15) is 19.4 Å². The van der Waals surface area contributed by atoms with Crippen molar-refractivity contribution >= 4 is 22.8 Å². The summed E-state index contributed by atoms with van der Waals surface area (Å²) in [6, 6.07) is 10.3. The summed E-state index contributed by atoms with van der Waals surface area (Å²) in [5.41, 5.74) is 2.04.